The second-order valence-corrected chi connectivity index (χ2v) is 9.56. The largest absolute Gasteiger partial charge is 0.497 e. The van der Waals surface area contributed by atoms with Gasteiger partial charge in [-0.3, -0.25) is 14.2 Å². The number of halogens is 2. The number of ether oxygens (including phenoxy) is 2. The maximum atomic E-state index is 13.4. The Labute approximate surface area is 216 Å². The second-order valence-electron chi connectivity index (χ2n) is 7.63. The summed E-state index contributed by atoms with van der Waals surface area (Å²) in [6.45, 7) is 0.293. The third-order valence-electron chi connectivity index (χ3n) is 5.25. The number of thiazole rings is 1. The van der Waals surface area contributed by atoms with Crippen LogP contribution in [0.15, 0.2) is 71.5 Å². The highest BCUT2D eigenvalue weighted by Crippen LogP contribution is 2.23. The van der Waals surface area contributed by atoms with Gasteiger partial charge < -0.3 is 9.47 Å². The van der Waals surface area contributed by atoms with E-state index < -0.39 is 0 Å². The van der Waals surface area contributed by atoms with E-state index in [1.54, 1.807) is 53.1 Å². The van der Waals surface area contributed by atoms with E-state index in [4.69, 9.17) is 32.7 Å². The Balaban J connectivity index is 1.85. The van der Waals surface area contributed by atoms with Crippen LogP contribution in [0.25, 0.3) is 12.2 Å². The van der Waals surface area contributed by atoms with E-state index >= 15 is 0 Å². The summed E-state index contributed by atoms with van der Waals surface area (Å²) >= 11 is 13.3. The number of Topliss-reactive ketones (excluding diaryl/α,β-unsaturated/α-hetero) is 1. The summed E-state index contributed by atoms with van der Waals surface area (Å²) in [7, 11) is 3.04. The van der Waals surface area contributed by atoms with Gasteiger partial charge in [0.25, 0.3) is 5.56 Å². The molecule has 5 nitrogen and oxygen atoms in total. The number of benzene rings is 3. The van der Waals surface area contributed by atoms with Crippen LogP contribution in [0.2, 0.25) is 10.0 Å². The van der Waals surface area contributed by atoms with Crippen molar-refractivity contribution in [3.8, 4) is 11.5 Å². The predicted molar refractivity (Wildman–Crippen MR) is 142 cm³/mol. The van der Waals surface area contributed by atoms with Crippen molar-refractivity contribution in [3.05, 3.63) is 113 Å². The molecule has 0 N–H and O–H groups in total. The van der Waals surface area contributed by atoms with E-state index in [-0.39, 0.29) is 11.3 Å². The van der Waals surface area contributed by atoms with E-state index in [1.165, 1.54) is 31.6 Å². The Kier molecular flexibility index (Phi) is 7.76. The first kappa shape index (κ1) is 24.8. The maximum Gasteiger partial charge on any atom is 0.269 e. The molecule has 0 saturated carbocycles. The molecule has 178 valence electrons. The van der Waals surface area contributed by atoms with Crippen molar-refractivity contribution in [2.75, 3.05) is 14.2 Å². The highest BCUT2D eigenvalue weighted by molar-refractivity contribution is 7.07. The molecule has 35 heavy (non-hydrogen) atoms. The fourth-order valence-electron chi connectivity index (χ4n) is 3.42. The van der Waals surface area contributed by atoms with Crippen LogP contribution in [-0.4, -0.2) is 24.6 Å². The second kappa shape index (κ2) is 11.0. The Morgan fingerprint density at radius 3 is 2.06 bits per heavy atom. The normalized spacial score (nSPS) is 12.1. The molecule has 0 unspecified atom stereocenters. The molecule has 0 aliphatic rings. The molecular weight excluding hydrogens is 505 g/mol. The summed E-state index contributed by atoms with van der Waals surface area (Å²) in [5.74, 6) is 0.733. The van der Waals surface area contributed by atoms with Gasteiger partial charge in [0.2, 0.25) is 0 Å². The van der Waals surface area contributed by atoms with Crippen LogP contribution in [0.3, 0.4) is 0 Å². The Hall–Kier alpha value is -3.32. The Morgan fingerprint density at radius 1 is 0.914 bits per heavy atom. The van der Waals surface area contributed by atoms with Crippen molar-refractivity contribution in [1.29, 1.82) is 0 Å². The quantitative estimate of drug-likeness (QED) is 0.326. The van der Waals surface area contributed by atoms with Gasteiger partial charge in [-0.15, -0.1) is 11.3 Å². The lowest BCUT2D eigenvalue weighted by Gasteiger charge is -2.06. The summed E-state index contributed by atoms with van der Waals surface area (Å²) in [6.07, 6.45) is 3.26. The van der Waals surface area contributed by atoms with E-state index in [0.29, 0.717) is 42.8 Å². The van der Waals surface area contributed by atoms with Crippen molar-refractivity contribution in [2.45, 2.75) is 6.54 Å². The highest BCUT2D eigenvalue weighted by Gasteiger charge is 2.11. The molecule has 3 aromatic carbocycles. The van der Waals surface area contributed by atoms with Crippen LogP contribution < -0.4 is 24.2 Å². The molecule has 0 bridgehead atoms. The number of nitrogens with zero attached hydrogens (tertiary/aromatic N) is 1. The highest BCUT2D eigenvalue weighted by atomic mass is 35.5. The molecule has 1 aromatic heterocycles. The van der Waals surface area contributed by atoms with Gasteiger partial charge >= 0.3 is 0 Å². The van der Waals surface area contributed by atoms with Crippen molar-refractivity contribution in [3.63, 3.8) is 0 Å². The minimum Gasteiger partial charge on any atom is -0.497 e. The number of methoxy groups -OCH3 is 2. The lowest BCUT2D eigenvalue weighted by Crippen LogP contribution is -2.32. The van der Waals surface area contributed by atoms with E-state index in [1.807, 2.05) is 24.3 Å². The molecule has 0 amide bonds. The van der Waals surface area contributed by atoms with Crippen LogP contribution in [-0.2, 0) is 6.54 Å². The summed E-state index contributed by atoms with van der Waals surface area (Å²) in [6, 6.07) is 19.4. The van der Waals surface area contributed by atoms with Crippen LogP contribution in [0, 0.1) is 0 Å². The molecule has 0 spiro atoms. The number of aromatic nitrogens is 1. The van der Waals surface area contributed by atoms with Gasteiger partial charge in [0.15, 0.2) is 5.78 Å². The van der Waals surface area contributed by atoms with Gasteiger partial charge in [-0.2, -0.15) is 0 Å². The smallest absolute Gasteiger partial charge is 0.269 e. The number of rotatable bonds is 7. The van der Waals surface area contributed by atoms with E-state index in [2.05, 4.69) is 0 Å². The van der Waals surface area contributed by atoms with Crippen molar-refractivity contribution in [1.82, 2.24) is 4.57 Å². The van der Waals surface area contributed by atoms with Crippen LogP contribution in [0.4, 0.5) is 0 Å². The zero-order valence-electron chi connectivity index (χ0n) is 19.0. The number of hydrogen-bond donors (Lipinski definition) is 0. The zero-order valence-corrected chi connectivity index (χ0v) is 21.3. The van der Waals surface area contributed by atoms with Gasteiger partial charge in [-0.05, 0) is 53.6 Å². The lowest BCUT2D eigenvalue weighted by molar-refractivity contribution is 0.106. The average Bonchev–Trinajstić information content (AvgIpc) is 3.15. The first-order valence-corrected chi connectivity index (χ1v) is 12.1. The standard InChI is InChI=1S/C27H21Cl2NO4S/c1-33-22-12-19(13-23(14-22)34-2)24(31)15-26-30(16-18-5-9-21(29)10-6-18)27(32)25(35-26)11-17-3-7-20(28)8-4-17/h3-15H,16H2,1-2H3/b25-11-,26-15+. The SMILES string of the molecule is COc1cc(OC)cc(C(=O)/C=c2/s/c(=C\c3ccc(Cl)cc3)c(=O)n2Cc2ccc(Cl)cc2)c1. The van der Waals surface area contributed by atoms with Crippen molar-refractivity contribution >= 4 is 52.5 Å². The lowest BCUT2D eigenvalue weighted by atomic mass is 10.1. The summed E-state index contributed by atoms with van der Waals surface area (Å²) in [5, 5.41) is 1.22. The number of ketones is 1. The fraction of sp³-hybridized carbons (Fsp3) is 0.111. The number of hydrogen-bond acceptors (Lipinski definition) is 5. The Morgan fingerprint density at radius 2 is 1.49 bits per heavy atom. The molecule has 1 heterocycles. The molecule has 8 heteroatoms. The molecule has 4 aromatic rings. The van der Waals surface area contributed by atoms with Gasteiger partial charge in [-0.25, -0.2) is 0 Å². The van der Waals surface area contributed by atoms with Crippen LogP contribution in [0.1, 0.15) is 21.5 Å². The Bertz CT molecular complexity index is 1520. The summed E-state index contributed by atoms with van der Waals surface area (Å²) in [5.41, 5.74) is 1.92. The van der Waals surface area contributed by atoms with Crippen LogP contribution >= 0.6 is 34.5 Å². The minimum absolute atomic E-state index is 0.192. The number of carbonyl (C=O) groups excluding carboxylic acids is 1. The van der Waals surface area contributed by atoms with Gasteiger partial charge in [0.05, 0.1) is 25.3 Å². The van der Waals surface area contributed by atoms with Crippen molar-refractivity contribution < 1.29 is 14.3 Å². The first-order chi connectivity index (χ1) is 16.9. The topological polar surface area (TPSA) is 57.5 Å². The maximum absolute atomic E-state index is 13.4. The number of carbonyl (C=O) groups is 1. The molecule has 0 aliphatic carbocycles. The summed E-state index contributed by atoms with van der Waals surface area (Å²) < 4.78 is 13.2. The van der Waals surface area contributed by atoms with Gasteiger partial charge in [0.1, 0.15) is 16.2 Å². The van der Waals surface area contributed by atoms with E-state index in [0.717, 1.165) is 11.1 Å². The molecular formula is C27H21Cl2NO4S. The summed E-state index contributed by atoms with van der Waals surface area (Å²) in [4.78, 5) is 26.6. The minimum atomic E-state index is -0.272. The fourth-order valence-corrected chi connectivity index (χ4v) is 4.71. The molecule has 0 atom stereocenters. The zero-order chi connectivity index (χ0) is 24.9. The molecule has 0 saturated heterocycles. The predicted octanol–water partition coefficient (Wildman–Crippen LogP) is 4.77. The van der Waals surface area contributed by atoms with E-state index in [9.17, 15) is 9.59 Å². The average molecular weight is 526 g/mol. The third-order valence-corrected chi connectivity index (χ3v) is 6.81. The van der Waals surface area contributed by atoms with Gasteiger partial charge in [0, 0.05) is 27.8 Å². The van der Waals surface area contributed by atoms with Crippen LogP contribution in [0.5, 0.6) is 11.5 Å². The molecule has 4 rings (SSSR count). The molecule has 0 aliphatic heterocycles. The molecule has 0 fully saturated rings. The van der Waals surface area contributed by atoms with Gasteiger partial charge in [-0.1, -0.05) is 47.5 Å². The third kappa shape index (κ3) is 6.03. The first-order valence-electron chi connectivity index (χ1n) is 10.6. The van der Waals surface area contributed by atoms with Crippen molar-refractivity contribution in [2.24, 2.45) is 0 Å². The molecule has 0 radical (unpaired) electrons. The monoisotopic (exact) mass is 525 g/mol.